The van der Waals surface area contributed by atoms with Crippen molar-refractivity contribution in [1.29, 1.82) is 0 Å². The van der Waals surface area contributed by atoms with Crippen LogP contribution in [0.25, 0.3) is 0 Å². The van der Waals surface area contributed by atoms with Crippen molar-refractivity contribution < 1.29 is 4.79 Å². The fourth-order valence-corrected chi connectivity index (χ4v) is 2.89. The van der Waals surface area contributed by atoms with Crippen molar-refractivity contribution in [1.82, 2.24) is 20.6 Å². The van der Waals surface area contributed by atoms with Gasteiger partial charge < -0.3 is 15.5 Å². The molecule has 0 unspecified atom stereocenters. The first-order chi connectivity index (χ1) is 9.83. The van der Waals surface area contributed by atoms with Gasteiger partial charge in [-0.05, 0) is 38.3 Å². The average Bonchev–Trinajstić information content (AvgIpc) is 3.03. The SMILES string of the molecule is O=C(NC1CCN(c2ncccn2)CC1)[C@H]1CCCN1. The molecule has 0 aromatic carbocycles. The topological polar surface area (TPSA) is 70.2 Å². The van der Waals surface area contributed by atoms with Crippen LogP contribution in [0.15, 0.2) is 18.5 Å². The van der Waals surface area contributed by atoms with E-state index >= 15 is 0 Å². The fraction of sp³-hybridized carbons (Fsp3) is 0.643. The standard InChI is InChI=1S/C14H21N5O/c20-13(12-3-1-6-15-12)18-11-4-9-19(10-5-11)14-16-7-2-8-17-14/h2,7-8,11-12,15H,1,3-6,9-10H2,(H,18,20)/t12-/m1/s1. The summed E-state index contributed by atoms with van der Waals surface area (Å²) in [6.45, 7) is 2.75. The summed E-state index contributed by atoms with van der Waals surface area (Å²) in [5.74, 6) is 0.951. The average molecular weight is 275 g/mol. The molecular formula is C14H21N5O. The summed E-state index contributed by atoms with van der Waals surface area (Å²) in [4.78, 5) is 22.8. The summed E-state index contributed by atoms with van der Waals surface area (Å²) in [6.07, 6.45) is 7.50. The van der Waals surface area contributed by atoms with Crippen LogP contribution < -0.4 is 15.5 Å². The van der Waals surface area contributed by atoms with E-state index in [0.717, 1.165) is 51.3 Å². The number of hydrogen-bond donors (Lipinski definition) is 2. The zero-order valence-electron chi connectivity index (χ0n) is 11.6. The number of rotatable bonds is 3. The van der Waals surface area contributed by atoms with Crippen LogP contribution in [0.2, 0.25) is 0 Å². The molecule has 3 rings (SSSR count). The summed E-state index contributed by atoms with van der Waals surface area (Å²) in [6, 6.07) is 2.13. The fourth-order valence-electron chi connectivity index (χ4n) is 2.89. The summed E-state index contributed by atoms with van der Waals surface area (Å²) in [5.41, 5.74) is 0. The van der Waals surface area contributed by atoms with Crippen molar-refractivity contribution >= 4 is 11.9 Å². The maximum Gasteiger partial charge on any atom is 0.237 e. The van der Waals surface area contributed by atoms with E-state index in [2.05, 4.69) is 25.5 Å². The molecule has 20 heavy (non-hydrogen) atoms. The van der Waals surface area contributed by atoms with Crippen molar-refractivity contribution in [2.45, 2.75) is 37.8 Å². The lowest BCUT2D eigenvalue weighted by molar-refractivity contribution is -0.123. The molecular weight excluding hydrogens is 254 g/mol. The third-order valence-electron chi connectivity index (χ3n) is 4.05. The van der Waals surface area contributed by atoms with Gasteiger partial charge in [-0.2, -0.15) is 0 Å². The number of hydrogen-bond acceptors (Lipinski definition) is 5. The lowest BCUT2D eigenvalue weighted by Crippen LogP contribution is -2.49. The lowest BCUT2D eigenvalue weighted by Gasteiger charge is -2.32. The van der Waals surface area contributed by atoms with Gasteiger partial charge >= 0.3 is 0 Å². The maximum absolute atomic E-state index is 12.1. The van der Waals surface area contributed by atoms with Gasteiger partial charge in [-0.3, -0.25) is 4.79 Å². The highest BCUT2D eigenvalue weighted by atomic mass is 16.2. The Morgan fingerprint density at radius 3 is 2.65 bits per heavy atom. The zero-order valence-corrected chi connectivity index (χ0v) is 11.6. The highest BCUT2D eigenvalue weighted by molar-refractivity contribution is 5.82. The molecule has 0 bridgehead atoms. The molecule has 0 radical (unpaired) electrons. The Labute approximate surface area is 119 Å². The predicted octanol–water partition coefficient (Wildman–Crippen LogP) is 0.314. The number of nitrogens with zero attached hydrogens (tertiary/aromatic N) is 3. The lowest BCUT2D eigenvalue weighted by atomic mass is 10.0. The second-order valence-electron chi connectivity index (χ2n) is 5.47. The number of anilines is 1. The van der Waals surface area contributed by atoms with Crippen LogP contribution in [0.5, 0.6) is 0 Å². The molecule has 1 amide bonds. The van der Waals surface area contributed by atoms with Gasteiger partial charge in [0.25, 0.3) is 0 Å². The predicted molar refractivity (Wildman–Crippen MR) is 76.4 cm³/mol. The summed E-state index contributed by atoms with van der Waals surface area (Å²) < 4.78 is 0. The zero-order chi connectivity index (χ0) is 13.8. The van der Waals surface area contributed by atoms with Gasteiger partial charge in [0.15, 0.2) is 0 Å². The van der Waals surface area contributed by atoms with Gasteiger partial charge in [0.05, 0.1) is 6.04 Å². The number of nitrogens with one attached hydrogen (secondary N) is 2. The molecule has 1 aromatic rings. The van der Waals surface area contributed by atoms with Gasteiger partial charge in [0.1, 0.15) is 0 Å². The van der Waals surface area contributed by atoms with Gasteiger partial charge in [0, 0.05) is 31.5 Å². The molecule has 0 spiro atoms. The third-order valence-corrected chi connectivity index (χ3v) is 4.05. The van der Waals surface area contributed by atoms with Crippen LogP contribution in [-0.4, -0.2) is 47.6 Å². The van der Waals surface area contributed by atoms with Crippen molar-refractivity contribution in [3.8, 4) is 0 Å². The quantitative estimate of drug-likeness (QED) is 0.831. The monoisotopic (exact) mass is 275 g/mol. The number of amides is 1. The smallest absolute Gasteiger partial charge is 0.237 e. The largest absolute Gasteiger partial charge is 0.352 e. The molecule has 3 heterocycles. The van der Waals surface area contributed by atoms with Gasteiger partial charge in [-0.25, -0.2) is 9.97 Å². The molecule has 0 saturated carbocycles. The van der Waals surface area contributed by atoms with E-state index < -0.39 is 0 Å². The van der Waals surface area contributed by atoms with Crippen LogP contribution >= 0.6 is 0 Å². The first kappa shape index (κ1) is 13.3. The molecule has 2 N–H and O–H groups in total. The van der Waals surface area contributed by atoms with Crippen molar-refractivity contribution in [3.05, 3.63) is 18.5 Å². The normalized spacial score (nSPS) is 23.8. The molecule has 2 aliphatic rings. The van der Waals surface area contributed by atoms with Gasteiger partial charge in [-0.1, -0.05) is 0 Å². The van der Waals surface area contributed by atoms with Crippen molar-refractivity contribution in [2.24, 2.45) is 0 Å². The Morgan fingerprint density at radius 2 is 2.00 bits per heavy atom. The van der Waals surface area contributed by atoms with E-state index in [9.17, 15) is 4.79 Å². The Bertz CT molecular complexity index is 438. The first-order valence-electron chi connectivity index (χ1n) is 7.38. The summed E-state index contributed by atoms with van der Waals surface area (Å²) in [7, 11) is 0. The molecule has 2 saturated heterocycles. The molecule has 108 valence electrons. The van der Waals surface area contributed by atoms with E-state index in [0.29, 0.717) is 0 Å². The second-order valence-corrected chi connectivity index (χ2v) is 5.47. The minimum Gasteiger partial charge on any atom is -0.352 e. The van der Waals surface area contributed by atoms with Crippen LogP contribution in [0.1, 0.15) is 25.7 Å². The van der Waals surface area contributed by atoms with Crippen LogP contribution in [0, 0.1) is 0 Å². The Balaban J connectivity index is 1.47. The first-order valence-corrected chi connectivity index (χ1v) is 7.38. The number of carbonyl (C=O) groups excluding carboxylic acids is 1. The maximum atomic E-state index is 12.1. The minimum atomic E-state index is 0.0190. The minimum absolute atomic E-state index is 0.0190. The molecule has 1 atom stereocenters. The Morgan fingerprint density at radius 1 is 1.25 bits per heavy atom. The van der Waals surface area contributed by atoms with Crippen LogP contribution in [-0.2, 0) is 4.79 Å². The molecule has 2 fully saturated rings. The van der Waals surface area contributed by atoms with E-state index in [-0.39, 0.29) is 18.0 Å². The van der Waals surface area contributed by atoms with Crippen LogP contribution in [0.4, 0.5) is 5.95 Å². The van der Waals surface area contributed by atoms with E-state index in [4.69, 9.17) is 0 Å². The number of piperidine rings is 1. The molecule has 6 heteroatoms. The number of aromatic nitrogens is 2. The van der Waals surface area contributed by atoms with E-state index in [1.807, 2.05) is 6.07 Å². The molecule has 1 aromatic heterocycles. The van der Waals surface area contributed by atoms with Gasteiger partial charge in [-0.15, -0.1) is 0 Å². The summed E-state index contributed by atoms with van der Waals surface area (Å²) >= 11 is 0. The Kier molecular flexibility index (Phi) is 4.11. The van der Waals surface area contributed by atoms with Gasteiger partial charge in [0.2, 0.25) is 11.9 Å². The number of carbonyl (C=O) groups is 1. The molecule has 6 nitrogen and oxygen atoms in total. The summed E-state index contributed by atoms with van der Waals surface area (Å²) in [5, 5.41) is 6.40. The molecule has 2 aliphatic heterocycles. The highest BCUT2D eigenvalue weighted by Crippen LogP contribution is 2.16. The van der Waals surface area contributed by atoms with Crippen molar-refractivity contribution in [2.75, 3.05) is 24.5 Å². The van der Waals surface area contributed by atoms with E-state index in [1.54, 1.807) is 12.4 Å². The highest BCUT2D eigenvalue weighted by Gasteiger charge is 2.26. The van der Waals surface area contributed by atoms with Crippen molar-refractivity contribution in [3.63, 3.8) is 0 Å². The van der Waals surface area contributed by atoms with Crippen LogP contribution in [0.3, 0.4) is 0 Å². The molecule has 0 aliphatic carbocycles. The Hall–Kier alpha value is -1.69. The van der Waals surface area contributed by atoms with E-state index in [1.165, 1.54) is 0 Å². The second kappa shape index (κ2) is 6.17. The third kappa shape index (κ3) is 3.07.